The Morgan fingerprint density at radius 3 is 2.34 bits per heavy atom. The van der Waals surface area contributed by atoms with Gasteiger partial charge in [-0.2, -0.15) is 18.3 Å². The van der Waals surface area contributed by atoms with Crippen molar-refractivity contribution >= 4 is 11.8 Å². The molecule has 0 spiro atoms. The molecule has 1 aromatic carbocycles. The first kappa shape index (κ1) is 19.4. The summed E-state index contributed by atoms with van der Waals surface area (Å²) in [5, 5.41) is 7.04. The number of alkyl halides is 3. The second-order valence-electron chi connectivity index (χ2n) is 6.99. The Balaban J connectivity index is 1.51. The molecule has 0 saturated carbocycles. The summed E-state index contributed by atoms with van der Waals surface area (Å²) in [5.41, 5.74) is 1.12. The first-order valence-corrected chi connectivity index (χ1v) is 9.24. The van der Waals surface area contributed by atoms with Gasteiger partial charge >= 0.3 is 6.18 Å². The van der Waals surface area contributed by atoms with E-state index in [0.29, 0.717) is 44.8 Å². The lowest BCUT2D eigenvalue weighted by atomic mass is 10.0. The summed E-state index contributed by atoms with van der Waals surface area (Å²) in [6.07, 6.45) is -3.96. The van der Waals surface area contributed by atoms with Gasteiger partial charge in [-0.1, -0.05) is 0 Å². The number of benzene rings is 1. The maximum atomic E-state index is 12.8. The van der Waals surface area contributed by atoms with Gasteiger partial charge in [0, 0.05) is 42.9 Å². The fourth-order valence-electron chi connectivity index (χ4n) is 3.55. The highest BCUT2D eigenvalue weighted by atomic mass is 19.4. The number of rotatable bonds is 2. The second-order valence-corrected chi connectivity index (χ2v) is 6.99. The second kappa shape index (κ2) is 7.51. The van der Waals surface area contributed by atoms with Crippen molar-refractivity contribution in [2.75, 3.05) is 32.8 Å². The summed E-state index contributed by atoms with van der Waals surface area (Å²) in [4.78, 5) is 28.8. The SMILES string of the molecule is O=C(c1ccc(C(F)(F)F)cc1)N1CCc2[nH]nc(C(=O)N3CCOCC3)c2C1. The van der Waals surface area contributed by atoms with E-state index in [1.54, 1.807) is 4.90 Å². The predicted octanol–water partition coefficient (Wildman–Crippen LogP) is 2.10. The number of amides is 2. The van der Waals surface area contributed by atoms with Gasteiger partial charge in [0.2, 0.25) is 0 Å². The molecule has 2 aliphatic rings. The van der Waals surface area contributed by atoms with E-state index < -0.39 is 11.7 Å². The Morgan fingerprint density at radius 1 is 1.00 bits per heavy atom. The average molecular weight is 408 g/mol. The van der Waals surface area contributed by atoms with E-state index in [1.807, 2.05) is 0 Å². The minimum Gasteiger partial charge on any atom is -0.378 e. The Bertz CT molecular complexity index is 918. The molecule has 2 aromatic rings. The molecule has 1 saturated heterocycles. The van der Waals surface area contributed by atoms with Crippen molar-refractivity contribution in [3.05, 3.63) is 52.3 Å². The Hall–Kier alpha value is -2.88. The molecule has 2 amide bonds. The molecular formula is C19H19F3N4O3. The van der Waals surface area contributed by atoms with Crippen LogP contribution < -0.4 is 0 Å². The van der Waals surface area contributed by atoms with Crippen molar-refractivity contribution in [2.45, 2.75) is 19.1 Å². The van der Waals surface area contributed by atoms with Gasteiger partial charge in [-0.25, -0.2) is 0 Å². The Labute approximate surface area is 164 Å². The van der Waals surface area contributed by atoms with Gasteiger partial charge in [-0.3, -0.25) is 14.7 Å². The van der Waals surface area contributed by atoms with Crippen LogP contribution in [0, 0.1) is 0 Å². The van der Waals surface area contributed by atoms with Crippen LogP contribution in [-0.4, -0.2) is 64.7 Å². The molecular weight excluding hydrogens is 389 g/mol. The normalized spacial score (nSPS) is 17.2. The number of halogens is 3. The number of H-pyrrole nitrogens is 1. The fourth-order valence-corrected chi connectivity index (χ4v) is 3.55. The third kappa shape index (κ3) is 3.84. The molecule has 7 nitrogen and oxygen atoms in total. The van der Waals surface area contributed by atoms with E-state index >= 15 is 0 Å². The molecule has 3 heterocycles. The number of aromatic nitrogens is 2. The van der Waals surface area contributed by atoms with E-state index in [2.05, 4.69) is 10.2 Å². The van der Waals surface area contributed by atoms with Gasteiger partial charge in [-0.05, 0) is 24.3 Å². The quantitative estimate of drug-likeness (QED) is 0.826. The van der Waals surface area contributed by atoms with Gasteiger partial charge in [0.25, 0.3) is 11.8 Å². The topological polar surface area (TPSA) is 78.5 Å². The molecule has 154 valence electrons. The Morgan fingerprint density at radius 2 is 1.69 bits per heavy atom. The van der Waals surface area contributed by atoms with E-state index in [9.17, 15) is 22.8 Å². The first-order chi connectivity index (χ1) is 13.8. The zero-order chi connectivity index (χ0) is 20.6. The molecule has 0 aliphatic carbocycles. The number of carbonyl (C=O) groups excluding carboxylic acids is 2. The summed E-state index contributed by atoms with van der Waals surface area (Å²) >= 11 is 0. The summed E-state index contributed by atoms with van der Waals surface area (Å²) in [6.45, 7) is 2.47. The maximum Gasteiger partial charge on any atom is 0.416 e. The molecule has 29 heavy (non-hydrogen) atoms. The van der Waals surface area contributed by atoms with Crippen molar-refractivity contribution in [2.24, 2.45) is 0 Å². The van der Waals surface area contributed by atoms with Crippen LogP contribution in [-0.2, 0) is 23.9 Å². The van der Waals surface area contributed by atoms with Crippen LogP contribution >= 0.6 is 0 Å². The van der Waals surface area contributed by atoms with Crippen LogP contribution in [0.4, 0.5) is 13.2 Å². The standard InChI is InChI=1S/C19H19F3N4O3/c20-19(21,22)13-3-1-12(2-4-13)17(27)26-6-5-15-14(11-26)16(24-23-15)18(28)25-7-9-29-10-8-25/h1-4H,5-11H2,(H,23,24). The number of nitrogens with one attached hydrogen (secondary N) is 1. The lowest BCUT2D eigenvalue weighted by Gasteiger charge is -2.29. The first-order valence-electron chi connectivity index (χ1n) is 9.24. The van der Waals surface area contributed by atoms with Crippen LogP contribution in [0.3, 0.4) is 0 Å². The number of hydrogen-bond donors (Lipinski definition) is 1. The molecule has 0 atom stereocenters. The number of carbonyl (C=O) groups is 2. The van der Waals surface area contributed by atoms with Crippen molar-refractivity contribution in [1.29, 1.82) is 0 Å². The lowest BCUT2D eigenvalue weighted by molar-refractivity contribution is -0.137. The Kier molecular flexibility index (Phi) is 5.03. The summed E-state index contributed by atoms with van der Waals surface area (Å²) < 4.78 is 43.4. The van der Waals surface area contributed by atoms with E-state index in [1.165, 1.54) is 17.0 Å². The minimum absolute atomic E-state index is 0.172. The molecule has 1 N–H and O–H groups in total. The average Bonchev–Trinajstić information content (AvgIpc) is 3.16. The summed E-state index contributed by atoms with van der Waals surface area (Å²) in [5.74, 6) is -0.593. The van der Waals surface area contributed by atoms with Crippen LogP contribution in [0.1, 0.15) is 37.7 Å². The lowest BCUT2D eigenvalue weighted by Crippen LogP contribution is -2.42. The molecule has 2 aliphatic heterocycles. The third-order valence-corrected chi connectivity index (χ3v) is 5.18. The number of fused-ring (bicyclic) bond motifs is 1. The molecule has 0 bridgehead atoms. The number of nitrogens with zero attached hydrogens (tertiary/aromatic N) is 3. The highest BCUT2D eigenvalue weighted by Gasteiger charge is 2.32. The van der Waals surface area contributed by atoms with E-state index in [0.717, 1.165) is 17.8 Å². The number of aromatic amines is 1. The number of morpholine rings is 1. The smallest absolute Gasteiger partial charge is 0.378 e. The molecule has 4 rings (SSSR count). The number of hydrogen-bond acceptors (Lipinski definition) is 4. The molecule has 0 radical (unpaired) electrons. The maximum absolute atomic E-state index is 12.8. The van der Waals surface area contributed by atoms with Crippen molar-refractivity contribution in [3.63, 3.8) is 0 Å². The summed E-state index contributed by atoms with van der Waals surface area (Å²) in [7, 11) is 0. The highest BCUT2D eigenvalue weighted by Crippen LogP contribution is 2.29. The molecule has 1 fully saturated rings. The molecule has 0 unspecified atom stereocenters. The van der Waals surface area contributed by atoms with Gasteiger partial charge in [0.15, 0.2) is 5.69 Å². The minimum atomic E-state index is -4.45. The van der Waals surface area contributed by atoms with Crippen molar-refractivity contribution in [1.82, 2.24) is 20.0 Å². The largest absolute Gasteiger partial charge is 0.416 e. The van der Waals surface area contributed by atoms with Crippen LogP contribution in [0.2, 0.25) is 0 Å². The van der Waals surface area contributed by atoms with Crippen molar-refractivity contribution in [3.8, 4) is 0 Å². The zero-order valence-corrected chi connectivity index (χ0v) is 15.5. The van der Waals surface area contributed by atoms with Crippen LogP contribution in [0.5, 0.6) is 0 Å². The van der Waals surface area contributed by atoms with E-state index in [-0.39, 0.29) is 29.6 Å². The van der Waals surface area contributed by atoms with Gasteiger partial charge in [-0.15, -0.1) is 0 Å². The van der Waals surface area contributed by atoms with Crippen LogP contribution in [0.15, 0.2) is 24.3 Å². The fraction of sp³-hybridized carbons (Fsp3) is 0.421. The highest BCUT2D eigenvalue weighted by molar-refractivity contribution is 5.96. The molecule has 1 aromatic heterocycles. The summed E-state index contributed by atoms with van der Waals surface area (Å²) in [6, 6.07) is 4.15. The molecule has 10 heteroatoms. The van der Waals surface area contributed by atoms with Gasteiger partial charge in [0.05, 0.1) is 25.3 Å². The zero-order valence-electron chi connectivity index (χ0n) is 15.5. The van der Waals surface area contributed by atoms with Gasteiger partial charge in [0.1, 0.15) is 0 Å². The van der Waals surface area contributed by atoms with Crippen molar-refractivity contribution < 1.29 is 27.5 Å². The predicted molar refractivity (Wildman–Crippen MR) is 95.2 cm³/mol. The monoisotopic (exact) mass is 408 g/mol. The number of ether oxygens (including phenoxy) is 1. The third-order valence-electron chi connectivity index (χ3n) is 5.18. The van der Waals surface area contributed by atoms with E-state index in [4.69, 9.17) is 4.74 Å². The van der Waals surface area contributed by atoms with Crippen LogP contribution in [0.25, 0.3) is 0 Å². The van der Waals surface area contributed by atoms with Gasteiger partial charge < -0.3 is 14.5 Å².